The number of aromatic amines is 1. The van der Waals surface area contributed by atoms with Crippen LogP contribution in [-0.2, 0) is 21.1 Å². The Balaban J connectivity index is 1.34. The Kier molecular flexibility index (Phi) is 7.56. The second-order valence-electron chi connectivity index (χ2n) is 8.02. The Morgan fingerprint density at radius 3 is 2.31 bits per heavy atom. The van der Waals surface area contributed by atoms with Crippen molar-refractivity contribution in [2.24, 2.45) is 0 Å². The molecule has 2 aromatic carbocycles. The van der Waals surface area contributed by atoms with Gasteiger partial charge in [-0.3, -0.25) is 9.59 Å². The summed E-state index contributed by atoms with van der Waals surface area (Å²) in [5.74, 6) is -0.337. The van der Waals surface area contributed by atoms with Gasteiger partial charge < -0.3 is 14.8 Å². The van der Waals surface area contributed by atoms with E-state index in [2.05, 4.69) is 14.9 Å². The van der Waals surface area contributed by atoms with Gasteiger partial charge in [-0.05, 0) is 48.4 Å². The van der Waals surface area contributed by atoms with E-state index in [1.54, 1.807) is 29.2 Å². The Morgan fingerprint density at radius 1 is 1.06 bits per heavy atom. The SMILES string of the molecule is CCc1ccc(S(=O)(=O)c2cnc(SCC(=O)N3CCN(c4ccc(F)cc4)CC3)[nH]c2=O)cc1. The summed E-state index contributed by atoms with van der Waals surface area (Å²) >= 11 is 1.05. The number of rotatable bonds is 7. The molecule has 4 rings (SSSR count). The monoisotopic (exact) mass is 516 g/mol. The van der Waals surface area contributed by atoms with Gasteiger partial charge >= 0.3 is 0 Å². The molecule has 0 spiro atoms. The van der Waals surface area contributed by atoms with E-state index >= 15 is 0 Å². The van der Waals surface area contributed by atoms with Gasteiger partial charge in [-0.1, -0.05) is 30.8 Å². The predicted molar refractivity (Wildman–Crippen MR) is 132 cm³/mol. The minimum absolute atomic E-state index is 0.0253. The Morgan fingerprint density at radius 2 is 1.71 bits per heavy atom. The van der Waals surface area contributed by atoms with Crippen molar-refractivity contribution in [2.75, 3.05) is 36.8 Å². The fourth-order valence-corrected chi connectivity index (χ4v) is 5.72. The van der Waals surface area contributed by atoms with E-state index in [1.165, 1.54) is 24.3 Å². The van der Waals surface area contributed by atoms with Crippen LogP contribution in [0.1, 0.15) is 12.5 Å². The van der Waals surface area contributed by atoms with Crippen LogP contribution in [0.25, 0.3) is 0 Å². The second-order valence-corrected chi connectivity index (χ2v) is 10.9. The molecule has 0 aliphatic carbocycles. The molecule has 0 unspecified atom stereocenters. The number of carbonyl (C=O) groups excluding carboxylic acids is 1. The van der Waals surface area contributed by atoms with Crippen LogP contribution in [0.3, 0.4) is 0 Å². The average Bonchev–Trinajstić information content (AvgIpc) is 2.87. The predicted octanol–water partition coefficient (Wildman–Crippen LogP) is 2.75. The van der Waals surface area contributed by atoms with Crippen molar-refractivity contribution in [1.29, 1.82) is 0 Å². The number of aryl methyl sites for hydroxylation is 1. The first-order chi connectivity index (χ1) is 16.8. The molecule has 11 heteroatoms. The van der Waals surface area contributed by atoms with Gasteiger partial charge in [0.2, 0.25) is 15.7 Å². The van der Waals surface area contributed by atoms with Gasteiger partial charge in [-0.15, -0.1) is 0 Å². The lowest BCUT2D eigenvalue weighted by Crippen LogP contribution is -2.49. The van der Waals surface area contributed by atoms with Crippen LogP contribution < -0.4 is 10.5 Å². The molecule has 8 nitrogen and oxygen atoms in total. The summed E-state index contributed by atoms with van der Waals surface area (Å²) in [4.78, 5) is 35.1. The topological polar surface area (TPSA) is 103 Å². The summed E-state index contributed by atoms with van der Waals surface area (Å²) in [6, 6.07) is 12.6. The van der Waals surface area contributed by atoms with E-state index in [0.717, 1.165) is 35.6 Å². The Hall–Kier alpha value is -3.18. The molecule has 1 N–H and O–H groups in total. The van der Waals surface area contributed by atoms with E-state index < -0.39 is 20.3 Å². The lowest BCUT2D eigenvalue weighted by atomic mass is 10.2. The van der Waals surface area contributed by atoms with Crippen molar-refractivity contribution in [3.8, 4) is 0 Å². The van der Waals surface area contributed by atoms with Gasteiger partial charge in [0.15, 0.2) is 10.1 Å². The molecule has 0 bridgehead atoms. The van der Waals surface area contributed by atoms with Crippen molar-refractivity contribution in [2.45, 2.75) is 28.3 Å². The molecule has 0 atom stereocenters. The number of amides is 1. The molecular weight excluding hydrogens is 491 g/mol. The number of benzene rings is 2. The van der Waals surface area contributed by atoms with Gasteiger partial charge in [0.1, 0.15) is 5.82 Å². The molecule has 3 aromatic rings. The molecule has 184 valence electrons. The van der Waals surface area contributed by atoms with Gasteiger partial charge in [0.25, 0.3) is 5.56 Å². The first kappa shape index (κ1) is 24.9. The third-order valence-corrected chi connectivity index (χ3v) is 8.47. The quantitative estimate of drug-likeness (QED) is 0.380. The molecule has 35 heavy (non-hydrogen) atoms. The lowest BCUT2D eigenvalue weighted by Gasteiger charge is -2.36. The van der Waals surface area contributed by atoms with Gasteiger partial charge in [0.05, 0.1) is 16.8 Å². The summed E-state index contributed by atoms with van der Waals surface area (Å²) in [5, 5.41) is 0.175. The molecule has 1 aliphatic rings. The largest absolute Gasteiger partial charge is 0.368 e. The number of carbonyl (C=O) groups is 1. The number of piperazine rings is 1. The number of nitrogens with zero attached hydrogens (tertiary/aromatic N) is 3. The summed E-state index contributed by atoms with van der Waals surface area (Å²) < 4.78 is 38.8. The normalized spacial score (nSPS) is 14.2. The maximum Gasteiger partial charge on any atom is 0.270 e. The third-order valence-electron chi connectivity index (χ3n) is 5.83. The second kappa shape index (κ2) is 10.6. The molecule has 1 fully saturated rings. The maximum atomic E-state index is 13.1. The summed E-state index contributed by atoms with van der Waals surface area (Å²) in [7, 11) is -4.01. The van der Waals surface area contributed by atoms with Crippen molar-refractivity contribution < 1.29 is 17.6 Å². The summed E-state index contributed by atoms with van der Waals surface area (Å²) in [5.41, 5.74) is 1.12. The van der Waals surface area contributed by atoms with Gasteiger partial charge in [0, 0.05) is 31.9 Å². The highest BCUT2D eigenvalue weighted by Crippen LogP contribution is 2.21. The van der Waals surface area contributed by atoms with E-state index in [1.807, 2.05) is 6.92 Å². The fraction of sp³-hybridized carbons (Fsp3) is 0.292. The Bertz CT molecular complexity index is 1350. The van der Waals surface area contributed by atoms with E-state index in [4.69, 9.17) is 0 Å². The van der Waals surface area contributed by atoms with Crippen molar-refractivity contribution >= 4 is 33.2 Å². The number of hydrogen-bond acceptors (Lipinski definition) is 7. The third kappa shape index (κ3) is 5.73. The lowest BCUT2D eigenvalue weighted by molar-refractivity contribution is -0.128. The van der Waals surface area contributed by atoms with Gasteiger partial charge in [-0.25, -0.2) is 17.8 Å². The number of nitrogens with one attached hydrogen (secondary N) is 1. The van der Waals surface area contributed by atoms with Crippen LogP contribution in [0.5, 0.6) is 0 Å². The average molecular weight is 517 g/mol. The van der Waals surface area contributed by atoms with E-state index in [9.17, 15) is 22.4 Å². The van der Waals surface area contributed by atoms with Crippen molar-refractivity contribution in [1.82, 2.24) is 14.9 Å². The minimum Gasteiger partial charge on any atom is -0.368 e. The standard InChI is InChI=1S/C24H25FN4O4S2/c1-2-17-3-9-20(10-4-17)35(32,33)21-15-26-24(27-23(21)31)34-16-22(30)29-13-11-28(12-14-29)19-7-5-18(25)6-8-19/h3-10,15H,2,11-14,16H2,1H3,(H,26,27,31). The number of hydrogen-bond donors (Lipinski definition) is 1. The molecular formula is C24H25FN4O4S2. The minimum atomic E-state index is -4.01. The van der Waals surface area contributed by atoms with Crippen LogP contribution in [0.4, 0.5) is 10.1 Å². The molecule has 0 radical (unpaired) electrons. The highest BCUT2D eigenvalue weighted by atomic mass is 32.2. The molecule has 1 saturated heterocycles. The zero-order valence-corrected chi connectivity index (χ0v) is 20.7. The number of sulfone groups is 1. The number of anilines is 1. The molecule has 1 aromatic heterocycles. The highest BCUT2D eigenvalue weighted by molar-refractivity contribution is 7.99. The Labute approximate surface area is 207 Å². The van der Waals surface area contributed by atoms with E-state index in [0.29, 0.717) is 26.2 Å². The molecule has 0 saturated carbocycles. The number of aromatic nitrogens is 2. The number of H-pyrrole nitrogens is 1. The maximum absolute atomic E-state index is 13.1. The summed E-state index contributed by atoms with van der Waals surface area (Å²) in [6.07, 6.45) is 1.81. The fourth-order valence-electron chi connectivity index (χ4n) is 3.75. The first-order valence-corrected chi connectivity index (χ1v) is 13.6. The molecule has 1 aliphatic heterocycles. The smallest absolute Gasteiger partial charge is 0.270 e. The summed E-state index contributed by atoms with van der Waals surface area (Å²) in [6.45, 7) is 4.27. The first-order valence-electron chi connectivity index (χ1n) is 11.1. The zero-order chi connectivity index (χ0) is 25.0. The highest BCUT2D eigenvalue weighted by Gasteiger charge is 2.24. The van der Waals surface area contributed by atoms with Crippen LogP contribution >= 0.6 is 11.8 Å². The number of halogens is 1. The van der Waals surface area contributed by atoms with Crippen molar-refractivity contribution in [3.63, 3.8) is 0 Å². The zero-order valence-electron chi connectivity index (χ0n) is 19.1. The van der Waals surface area contributed by atoms with Crippen LogP contribution in [0.15, 0.2) is 74.5 Å². The van der Waals surface area contributed by atoms with E-state index in [-0.39, 0.29) is 27.5 Å². The van der Waals surface area contributed by atoms with Crippen LogP contribution in [0, 0.1) is 5.82 Å². The van der Waals surface area contributed by atoms with Crippen molar-refractivity contribution in [3.05, 3.63) is 76.5 Å². The molecule has 1 amide bonds. The molecule has 2 heterocycles. The van der Waals surface area contributed by atoms with Crippen LogP contribution in [0.2, 0.25) is 0 Å². The number of thioether (sulfide) groups is 1. The van der Waals surface area contributed by atoms with Crippen LogP contribution in [-0.4, -0.2) is 61.1 Å². The van der Waals surface area contributed by atoms with Gasteiger partial charge in [-0.2, -0.15) is 0 Å².